The Morgan fingerprint density at radius 1 is 1.23 bits per heavy atom. The van der Waals surface area contributed by atoms with Gasteiger partial charge in [-0.2, -0.15) is 5.26 Å². The lowest BCUT2D eigenvalue weighted by atomic mass is 9.94. The van der Waals surface area contributed by atoms with Gasteiger partial charge in [0.1, 0.15) is 23.1 Å². The van der Waals surface area contributed by atoms with E-state index >= 15 is 4.39 Å². The quantitative estimate of drug-likeness (QED) is 0.311. The molecule has 3 aromatic rings. The summed E-state index contributed by atoms with van der Waals surface area (Å²) in [5.41, 5.74) is -1.09. The van der Waals surface area contributed by atoms with E-state index in [1.54, 1.807) is 12.1 Å². The van der Waals surface area contributed by atoms with Crippen LogP contribution in [0.5, 0.6) is 11.5 Å². The van der Waals surface area contributed by atoms with E-state index in [0.717, 1.165) is 6.54 Å². The van der Waals surface area contributed by atoms with Gasteiger partial charge in [0.25, 0.3) is 5.56 Å². The second kappa shape index (κ2) is 15.4. The number of hydrogen-bond donors (Lipinski definition) is 2. The van der Waals surface area contributed by atoms with Crippen LogP contribution in [0, 0.1) is 17.1 Å². The number of benzene rings is 2. The molecule has 2 heterocycles. The standard InChI is InChI=1S/C24H26F2N6O2S.2C2H6/c1-3-31(2)35-30-21-7-5-19(25)22(18(21)13-27)34-16-4-6-20-17(12-16)23(33)32(15-29-20)14-24(26)8-10-28-11-9-24;2*1-2/h4-7,12,15,28,30H,3,8-11,14H2,1-2H3;2*1-2H3. The molecule has 11 heteroatoms. The Kier molecular flexibility index (Phi) is 12.6. The fourth-order valence-electron chi connectivity index (χ4n) is 3.81. The van der Waals surface area contributed by atoms with Gasteiger partial charge >= 0.3 is 0 Å². The van der Waals surface area contributed by atoms with Crippen molar-refractivity contribution in [3.8, 4) is 17.6 Å². The zero-order valence-electron chi connectivity index (χ0n) is 23.5. The summed E-state index contributed by atoms with van der Waals surface area (Å²) in [5, 5.41) is 13.0. The van der Waals surface area contributed by atoms with Crippen molar-refractivity contribution in [1.82, 2.24) is 19.2 Å². The molecule has 212 valence electrons. The zero-order chi connectivity index (χ0) is 29.0. The highest BCUT2D eigenvalue weighted by Crippen LogP contribution is 2.35. The predicted molar refractivity (Wildman–Crippen MR) is 155 cm³/mol. The van der Waals surface area contributed by atoms with E-state index in [1.165, 1.54) is 41.2 Å². The van der Waals surface area contributed by atoms with Crippen molar-refractivity contribution in [3.05, 3.63) is 58.4 Å². The lowest BCUT2D eigenvalue weighted by Gasteiger charge is -2.30. The van der Waals surface area contributed by atoms with Crippen LogP contribution in [0.3, 0.4) is 0 Å². The number of nitriles is 1. The van der Waals surface area contributed by atoms with Crippen LogP contribution in [-0.2, 0) is 6.54 Å². The maximum Gasteiger partial charge on any atom is 0.261 e. The van der Waals surface area contributed by atoms with Crippen LogP contribution in [0.25, 0.3) is 10.9 Å². The van der Waals surface area contributed by atoms with Crippen LogP contribution in [0.2, 0.25) is 0 Å². The number of ether oxygens (including phenoxy) is 1. The monoisotopic (exact) mass is 560 g/mol. The lowest BCUT2D eigenvalue weighted by Crippen LogP contribution is -2.43. The zero-order valence-corrected chi connectivity index (χ0v) is 24.3. The van der Waals surface area contributed by atoms with E-state index in [2.05, 4.69) is 15.0 Å². The summed E-state index contributed by atoms with van der Waals surface area (Å²) >= 11 is 1.27. The molecule has 8 nitrogen and oxygen atoms in total. The summed E-state index contributed by atoms with van der Waals surface area (Å²) in [5.74, 6) is -0.801. The molecule has 0 bridgehead atoms. The highest BCUT2D eigenvalue weighted by molar-refractivity contribution is 7.98. The van der Waals surface area contributed by atoms with Gasteiger partial charge in [0, 0.05) is 18.7 Å². The number of nitrogens with one attached hydrogen (secondary N) is 2. The number of alkyl halides is 1. The van der Waals surface area contributed by atoms with Crippen LogP contribution >= 0.6 is 12.1 Å². The number of piperidine rings is 1. The molecule has 1 aliphatic heterocycles. The summed E-state index contributed by atoms with van der Waals surface area (Å²) in [4.78, 5) is 17.4. The Morgan fingerprint density at radius 3 is 2.56 bits per heavy atom. The molecule has 1 fully saturated rings. The molecule has 0 spiro atoms. The minimum atomic E-state index is -1.49. The Hall–Kier alpha value is -3.20. The minimum absolute atomic E-state index is 0.00373. The van der Waals surface area contributed by atoms with Crippen molar-refractivity contribution in [1.29, 1.82) is 5.26 Å². The number of aromatic nitrogens is 2. The molecule has 0 atom stereocenters. The largest absolute Gasteiger partial charge is 0.453 e. The van der Waals surface area contributed by atoms with Crippen molar-refractivity contribution in [2.45, 2.75) is 59.7 Å². The Morgan fingerprint density at radius 2 is 1.92 bits per heavy atom. The number of anilines is 1. The molecular formula is C28H38F2N6O2S. The van der Waals surface area contributed by atoms with E-state index in [9.17, 15) is 14.4 Å². The first-order chi connectivity index (χ1) is 18.8. The van der Waals surface area contributed by atoms with Gasteiger partial charge in [0.05, 0.1) is 29.5 Å². The average Bonchev–Trinajstić information content (AvgIpc) is 2.97. The molecule has 0 amide bonds. The summed E-state index contributed by atoms with van der Waals surface area (Å²) in [6, 6.07) is 9.22. The van der Waals surface area contributed by atoms with Gasteiger partial charge in [-0.15, -0.1) is 0 Å². The maximum atomic E-state index is 15.2. The molecule has 4 rings (SSSR count). The molecule has 1 aliphatic rings. The first kappa shape index (κ1) is 32.0. The molecule has 0 unspecified atom stereocenters. The number of nitrogens with zero attached hydrogens (tertiary/aromatic N) is 4. The summed E-state index contributed by atoms with van der Waals surface area (Å²) in [6.07, 6.45) is 1.98. The summed E-state index contributed by atoms with van der Waals surface area (Å²) in [7, 11) is 1.87. The van der Waals surface area contributed by atoms with Crippen molar-refractivity contribution >= 4 is 28.7 Å². The molecule has 1 aromatic heterocycles. The SMILES string of the molecule is CC.CC.CCN(C)SNc1ccc(F)c(Oc2ccc3ncn(CC4(F)CCNCC4)c(=O)c3c2)c1C#N. The normalized spacial score (nSPS) is 13.9. The second-order valence-electron chi connectivity index (χ2n) is 8.41. The number of fused-ring (bicyclic) bond motifs is 1. The topological polar surface area (TPSA) is 95.2 Å². The van der Waals surface area contributed by atoms with Crippen molar-refractivity contribution in [2.24, 2.45) is 0 Å². The van der Waals surface area contributed by atoms with Gasteiger partial charge in [-0.05, 0) is 63.3 Å². The van der Waals surface area contributed by atoms with Crippen molar-refractivity contribution < 1.29 is 13.5 Å². The highest BCUT2D eigenvalue weighted by Gasteiger charge is 2.32. The summed E-state index contributed by atoms with van der Waals surface area (Å²) < 4.78 is 41.8. The van der Waals surface area contributed by atoms with Crippen LogP contribution in [-0.4, -0.2) is 46.2 Å². The van der Waals surface area contributed by atoms with Gasteiger partial charge < -0.3 is 14.8 Å². The van der Waals surface area contributed by atoms with Crippen LogP contribution in [0.15, 0.2) is 41.5 Å². The molecule has 39 heavy (non-hydrogen) atoms. The fraction of sp³-hybridized carbons (Fsp3) is 0.464. The fourth-order valence-corrected chi connectivity index (χ4v) is 4.37. The van der Waals surface area contributed by atoms with E-state index in [-0.39, 0.29) is 29.0 Å². The van der Waals surface area contributed by atoms with E-state index in [4.69, 9.17) is 4.74 Å². The molecule has 0 radical (unpaired) electrons. The average molecular weight is 561 g/mol. The first-order valence-corrected chi connectivity index (χ1v) is 14.0. The first-order valence-electron chi connectivity index (χ1n) is 13.3. The third kappa shape index (κ3) is 8.14. The molecule has 0 aliphatic carbocycles. The van der Waals surface area contributed by atoms with E-state index in [0.29, 0.717) is 37.1 Å². The third-order valence-electron chi connectivity index (χ3n) is 5.95. The van der Waals surface area contributed by atoms with Gasteiger partial charge in [0.15, 0.2) is 11.6 Å². The Bertz CT molecular complexity index is 1320. The van der Waals surface area contributed by atoms with Gasteiger partial charge in [-0.1, -0.05) is 34.6 Å². The van der Waals surface area contributed by atoms with E-state index in [1.807, 2.05) is 52.0 Å². The minimum Gasteiger partial charge on any atom is -0.453 e. The second-order valence-corrected chi connectivity index (χ2v) is 9.42. The molecular weight excluding hydrogens is 522 g/mol. The molecule has 2 N–H and O–H groups in total. The Labute approximate surface area is 233 Å². The van der Waals surface area contributed by atoms with Crippen molar-refractivity contribution in [2.75, 3.05) is 31.4 Å². The highest BCUT2D eigenvalue weighted by atomic mass is 32.2. The smallest absolute Gasteiger partial charge is 0.261 e. The van der Waals surface area contributed by atoms with Crippen molar-refractivity contribution in [3.63, 3.8) is 0 Å². The van der Waals surface area contributed by atoms with Gasteiger partial charge in [-0.25, -0.2) is 18.1 Å². The third-order valence-corrected chi connectivity index (χ3v) is 6.83. The molecule has 0 saturated carbocycles. The van der Waals surface area contributed by atoms with Gasteiger partial charge in [-0.3, -0.25) is 9.36 Å². The molecule has 1 saturated heterocycles. The van der Waals surface area contributed by atoms with Crippen LogP contribution < -0.4 is 20.3 Å². The molecule has 2 aromatic carbocycles. The predicted octanol–water partition coefficient (Wildman–Crippen LogP) is 6.27. The number of halogens is 2. The Balaban J connectivity index is 0.00000127. The summed E-state index contributed by atoms with van der Waals surface area (Å²) in [6.45, 7) is 11.7. The number of rotatable bonds is 8. The maximum absolute atomic E-state index is 15.2. The van der Waals surface area contributed by atoms with Crippen LogP contribution in [0.4, 0.5) is 14.5 Å². The lowest BCUT2D eigenvalue weighted by molar-refractivity contribution is 0.0925. The van der Waals surface area contributed by atoms with Crippen LogP contribution in [0.1, 0.15) is 53.0 Å². The number of hydrogen-bond acceptors (Lipinski definition) is 8. The van der Waals surface area contributed by atoms with Gasteiger partial charge in [0.2, 0.25) is 0 Å². The van der Waals surface area contributed by atoms with E-state index < -0.39 is 17.0 Å².